The van der Waals surface area contributed by atoms with E-state index in [-0.39, 0.29) is 18.3 Å². The molecule has 6 nitrogen and oxygen atoms in total. The summed E-state index contributed by atoms with van der Waals surface area (Å²) in [6.45, 7) is 0.528. The number of amides is 2. The second-order valence-electron chi connectivity index (χ2n) is 3.14. The number of hydrogen-bond acceptors (Lipinski definition) is 4. The number of rotatable bonds is 3. The molecule has 0 aromatic heterocycles. The van der Waals surface area contributed by atoms with Gasteiger partial charge in [0.25, 0.3) is 0 Å². The zero-order valence-electron chi connectivity index (χ0n) is 8.38. The molecule has 0 aliphatic carbocycles. The van der Waals surface area contributed by atoms with Gasteiger partial charge in [0, 0.05) is 31.4 Å². The van der Waals surface area contributed by atoms with Crippen LogP contribution in [-0.4, -0.2) is 50.7 Å². The van der Waals surface area contributed by atoms with Crippen LogP contribution in [0.4, 0.5) is 4.79 Å². The Balaban J connectivity index is 2.31. The first-order valence-corrected chi connectivity index (χ1v) is 6.45. The number of nitrogens with one attached hydrogen (secondary N) is 1. The van der Waals surface area contributed by atoms with E-state index in [1.165, 1.54) is 17.3 Å². The Bertz CT molecular complexity index is 386. The summed E-state index contributed by atoms with van der Waals surface area (Å²) in [5.41, 5.74) is 0. The lowest BCUT2D eigenvalue weighted by Gasteiger charge is -2.18. The highest BCUT2D eigenvalue weighted by Gasteiger charge is 2.11. The van der Waals surface area contributed by atoms with Gasteiger partial charge in [-0.1, -0.05) is 0 Å². The van der Waals surface area contributed by atoms with Crippen molar-refractivity contribution in [1.29, 1.82) is 0 Å². The fourth-order valence-corrected chi connectivity index (χ4v) is 1.44. The van der Waals surface area contributed by atoms with Gasteiger partial charge in [-0.05, 0) is 0 Å². The minimum absolute atomic E-state index is 0.0512. The third-order valence-corrected chi connectivity index (χ3v) is 2.67. The smallest absolute Gasteiger partial charge is 0.321 e. The number of hydrogen-bond donors (Lipinski definition) is 1. The first kappa shape index (κ1) is 11.7. The zero-order valence-corrected chi connectivity index (χ0v) is 9.20. The lowest BCUT2D eigenvalue weighted by atomic mass is 10.5. The van der Waals surface area contributed by atoms with Crippen molar-refractivity contribution in [3.05, 3.63) is 12.4 Å². The van der Waals surface area contributed by atoms with Crippen LogP contribution in [-0.2, 0) is 9.84 Å². The molecule has 0 spiro atoms. The molecule has 0 aromatic carbocycles. The summed E-state index contributed by atoms with van der Waals surface area (Å²) in [5.74, 6) is -0.0512. The summed E-state index contributed by atoms with van der Waals surface area (Å²) >= 11 is 0. The number of urea groups is 1. The molecule has 7 heteroatoms. The van der Waals surface area contributed by atoms with Crippen molar-refractivity contribution in [2.45, 2.75) is 0 Å². The number of carbonyl (C=O) groups is 1. The summed E-state index contributed by atoms with van der Waals surface area (Å²) in [5, 5.41) is 2.50. The van der Waals surface area contributed by atoms with Crippen LogP contribution in [0.25, 0.3) is 0 Å². The molecule has 0 radical (unpaired) electrons. The lowest BCUT2D eigenvalue weighted by molar-refractivity contribution is 0.220. The molecule has 2 amide bonds. The summed E-state index contributed by atoms with van der Waals surface area (Å²) in [7, 11) is -3.03. The molecule has 15 heavy (non-hydrogen) atoms. The van der Waals surface area contributed by atoms with Crippen molar-refractivity contribution in [1.82, 2.24) is 10.2 Å². The molecule has 1 rings (SSSR count). The van der Waals surface area contributed by atoms with Crippen LogP contribution in [0.3, 0.4) is 0 Å². The van der Waals surface area contributed by atoms with E-state index in [0.717, 1.165) is 6.26 Å². The van der Waals surface area contributed by atoms with E-state index in [2.05, 4.69) is 10.3 Å². The van der Waals surface area contributed by atoms with Gasteiger partial charge in [-0.3, -0.25) is 9.89 Å². The SMILES string of the molecule is CS(=O)(=O)CCNC(=O)N1C=CN=CC1. The van der Waals surface area contributed by atoms with E-state index in [1.54, 1.807) is 6.21 Å². The molecule has 1 aliphatic heterocycles. The summed E-state index contributed by atoms with van der Waals surface area (Å²) in [4.78, 5) is 16.6. The maximum atomic E-state index is 11.4. The van der Waals surface area contributed by atoms with Crippen molar-refractivity contribution in [2.24, 2.45) is 4.99 Å². The fraction of sp³-hybridized carbons (Fsp3) is 0.500. The fourth-order valence-electron chi connectivity index (χ4n) is 0.971. The minimum atomic E-state index is -3.03. The Hall–Kier alpha value is -1.37. The van der Waals surface area contributed by atoms with Crippen molar-refractivity contribution in [3.8, 4) is 0 Å². The predicted octanol–water partition coefficient (Wildman–Crippen LogP) is -0.402. The van der Waals surface area contributed by atoms with Crippen LogP contribution < -0.4 is 5.32 Å². The molecular weight excluding hydrogens is 218 g/mol. The van der Waals surface area contributed by atoms with Gasteiger partial charge in [-0.15, -0.1) is 0 Å². The van der Waals surface area contributed by atoms with Crippen molar-refractivity contribution >= 4 is 22.1 Å². The van der Waals surface area contributed by atoms with Crippen LogP contribution in [0.5, 0.6) is 0 Å². The third kappa shape index (κ3) is 4.59. The molecule has 0 bridgehead atoms. The topological polar surface area (TPSA) is 78.8 Å². The first-order valence-electron chi connectivity index (χ1n) is 4.39. The lowest BCUT2D eigenvalue weighted by Crippen LogP contribution is -2.40. The summed E-state index contributed by atoms with van der Waals surface area (Å²) in [6, 6.07) is -0.318. The molecule has 0 saturated heterocycles. The Morgan fingerprint density at radius 1 is 1.60 bits per heavy atom. The largest absolute Gasteiger partial charge is 0.337 e. The molecule has 84 valence electrons. The van der Waals surface area contributed by atoms with Crippen LogP contribution >= 0.6 is 0 Å². The van der Waals surface area contributed by atoms with Gasteiger partial charge in [0.15, 0.2) is 0 Å². The Morgan fingerprint density at radius 3 is 2.87 bits per heavy atom. The molecule has 0 aromatic rings. The number of sulfone groups is 1. The maximum Gasteiger partial charge on any atom is 0.321 e. The molecule has 0 atom stereocenters. The second kappa shape index (κ2) is 4.92. The summed E-state index contributed by atoms with van der Waals surface area (Å²) < 4.78 is 21.6. The second-order valence-corrected chi connectivity index (χ2v) is 5.40. The normalized spacial score (nSPS) is 15.4. The van der Waals surface area contributed by atoms with Gasteiger partial charge in [0.2, 0.25) is 0 Å². The van der Waals surface area contributed by atoms with Gasteiger partial charge in [-0.2, -0.15) is 0 Å². The number of nitrogens with zero attached hydrogens (tertiary/aromatic N) is 2. The van der Waals surface area contributed by atoms with Gasteiger partial charge in [0.05, 0.1) is 12.3 Å². The number of carbonyl (C=O) groups excluding carboxylic acids is 1. The predicted molar refractivity (Wildman–Crippen MR) is 57.4 cm³/mol. The Labute approximate surface area is 88.6 Å². The van der Waals surface area contributed by atoms with Crippen molar-refractivity contribution < 1.29 is 13.2 Å². The van der Waals surface area contributed by atoms with Crippen LogP contribution in [0.1, 0.15) is 0 Å². The highest BCUT2D eigenvalue weighted by Crippen LogP contribution is 1.95. The monoisotopic (exact) mass is 231 g/mol. The first-order chi connectivity index (χ1) is 6.99. The van der Waals surface area contributed by atoms with Crippen LogP contribution in [0, 0.1) is 0 Å². The van der Waals surface area contributed by atoms with Gasteiger partial charge in [-0.25, -0.2) is 13.2 Å². The van der Waals surface area contributed by atoms with E-state index in [9.17, 15) is 13.2 Å². The van der Waals surface area contributed by atoms with Crippen molar-refractivity contribution in [3.63, 3.8) is 0 Å². The van der Waals surface area contributed by atoms with E-state index < -0.39 is 9.84 Å². The van der Waals surface area contributed by atoms with Gasteiger partial charge >= 0.3 is 6.03 Å². The van der Waals surface area contributed by atoms with E-state index in [0.29, 0.717) is 6.54 Å². The minimum Gasteiger partial charge on any atom is -0.337 e. The average Bonchev–Trinajstić information content (AvgIpc) is 2.17. The molecule has 0 fully saturated rings. The van der Waals surface area contributed by atoms with E-state index in [4.69, 9.17) is 0 Å². The molecule has 1 aliphatic rings. The van der Waals surface area contributed by atoms with Gasteiger partial charge < -0.3 is 5.32 Å². The van der Waals surface area contributed by atoms with E-state index in [1.807, 2.05) is 0 Å². The van der Waals surface area contributed by atoms with E-state index >= 15 is 0 Å². The van der Waals surface area contributed by atoms with Crippen LogP contribution in [0.15, 0.2) is 17.4 Å². The Kier molecular flexibility index (Phi) is 3.84. The Morgan fingerprint density at radius 2 is 2.33 bits per heavy atom. The average molecular weight is 231 g/mol. The molecule has 1 N–H and O–H groups in total. The summed E-state index contributed by atoms with van der Waals surface area (Å²) in [6.07, 6.45) is 5.76. The van der Waals surface area contributed by atoms with Crippen LogP contribution in [0.2, 0.25) is 0 Å². The standard InChI is InChI=1S/C8H13N3O3S/c1-15(13,14)7-4-10-8(12)11-5-2-9-3-6-11/h2-3,5H,4,6-7H2,1H3,(H,10,12). The van der Waals surface area contributed by atoms with Gasteiger partial charge in [0.1, 0.15) is 9.84 Å². The molecular formula is C8H13N3O3S. The highest BCUT2D eigenvalue weighted by atomic mass is 32.2. The third-order valence-electron chi connectivity index (χ3n) is 1.73. The maximum absolute atomic E-state index is 11.4. The zero-order chi connectivity index (χ0) is 11.3. The molecule has 0 unspecified atom stereocenters. The van der Waals surface area contributed by atoms with Crippen molar-refractivity contribution in [2.75, 3.05) is 25.1 Å². The highest BCUT2D eigenvalue weighted by molar-refractivity contribution is 7.90. The number of aliphatic imine (C=N–C) groups is 1. The quantitative estimate of drug-likeness (QED) is 0.717. The molecule has 1 heterocycles. The molecule has 0 saturated carbocycles.